The van der Waals surface area contributed by atoms with Gasteiger partial charge in [0.1, 0.15) is 11.5 Å². The van der Waals surface area contributed by atoms with Crippen molar-refractivity contribution >= 4 is 0 Å². The first-order chi connectivity index (χ1) is 11.7. The second kappa shape index (κ2) is 6.21. The molecule has 0 saturated heterocycles. The summed E-state index contributed by atoms with van der Waals surface area (Å²) in [6.07, 6.45) is 5.49. The van der Waals surface area contributed by atoms with Crippen LogP contribution in [0, 0.1) is 0 Å². The average Bonchev–Trinajstić information content (AvgIpc) is 3.29. The van der Waals surface area contributed by atoms with Crippen LogP contribution in [0.4, 0.5) is 0 Å². The first kappa shape index (κ1) is 15.1. The summed E-state index contributed by atoms with van der Waals surface area (Å²) in [5.74, 6) is 0.944. The van der Waals surface area contributed by atoms with Crippen molar-refractivity contribution in [3.8, 4) is 11.3 Å². The molecule has 0 saturated carbocycles. The summed E-state index contributed by atoms with van der Waals surface area (Å²) in [5, 5.41) is 12.9. The summed E-state index contributed by atoms with van der Waals surface area (Å²) < 4.78 is 14.7. The number of nitrogens with zero attached hydrogens (tertiary/aromatic N) is 6. The third-order valence-corrected chi connectivity index (χ3v) is 4.37. The number of fused-ring (bicyclic) bond motifs is 1. The van der Waals surface area contributed by atoms with E-state index in [1.165, 1.54) is 0 Å². The number of ether oxygens (including phenoxy) is 1. The van der Waals surface area contributed by atoms with Crippen molar-refractivity contribution in [3.05, 3.63) is 42.2 Å². The number of aryl methyl sites for hydroxylation is 1. The van der Waals surface area contributed by atoms with E-state index in [9.17, 15) is 0 Å². The zero-order chi connectivity index (χ0) is 16.5. The van der Waals surface area contributed by atoms with Gasteiger partial charge in [-0.1, -0.05) is 5.21 Å². The van der Waals surface area contributed by atoms with Gasteiger partial charge >= 0.3 is 0 Å². The summed E-state index contributed by atoms with van der Waals surface area (Å²) in [5.41, 5.74) is 2.98. The van der Waals surface area contributed by atoms with E-state index in [0.29, 0.717) is 6.61 Å². The van der Waals surface area contributed by atoms with Gasteiger partial charge in [0.15, 0.2) is 0 Å². The number of methoxy groups -OCH3 is 1. The highest BCUT2D eigenvalue weighted by Gasteiger charge is 2.30. The quantitative estimate of drug-likeness (QED) is 0.703. The summed E-state index contributed by atoms with van der Waals surface area (Å²) >= 11 is 0. The Morgan fingerprint density at radius 3 is 3.04 bits per heavy atom. The lowest BCUT2D eigenvalue weighted by molar-refractivity contribution is 0.0461. The monoisotopic (exact) mass is 328 g/mol. The van der Waals surface area contributed by atoms with Gasteiger partial charge in [-0.05, 0) is 12.1 Å². The lowest BCUT2D eigenvalue weighted by atomic mass is 10.1. The molecule has 126 valence electrons. The zero-order valence-corrected chi connectivity index (χ0v) is 13.8. The molecule has 0 unspecified atom stereocenters. The Kier molecular flexibility index (Phi) is 3.91. The Morgan fingerprint density at radius 2 is 2.33 bits per heavy atom. The number of rotatable bonds is 5. The van der Waals surface area contributed by atoms with Gasteiger partial charge in [-0.25, -0.2) is 4.68 Å². The summed E-state index contributed by atoms with van der Waals surface area (Å²) in [6, 6.07) is 4.14. The van der Waals surface area contributed by atoms with E-state index in [-0.39, 0.29) is 6.04 Å². The molecule has 1 atom stereocenters. The first-order valence-electron chi connectivity index (χ1n) is 7.91. The van der Waals surface area contributed by atoms with Crippen molar-refractivity contribution in [3.63, 3.8) is 0 Å². The van der Waals surface area contributed by atoms with Crippen molar-refractivity contribution < 1.29 is 9.15 Å². The van der Waals surface area contributed by atoms with Gasteiger partial charge in [0.2, 0.25) is 0 Å². The molecule has 0 amide bonds. The van der Waals surface area contributed by atoms with E-state index in [4.69, 9.17) is 9.15 Å². The van der Waals surface area contributed by atoms with Gasteiger partial charge in [-0.3, -0.25) is 9.58 Å². The second-order valence-corrected chi connectivity index (χ2v) is 6.06. The summed E-state index contributed by atoms with van der Waals surface area (Å²) in [4.78, 5) is 2.35. The smallest absolute Gasteiger partial charge is 0.120 e. The Labute approximate surface area is 139 Å². The Morgan fingerprint density at radius 1 is 1.42 bits per heavy atom. The van der Waals surface area contributed by atoms with E-state index in [2.05, 4.69) is 20.3 Å². The Balaban J connectivity index is 1.64. The van der Waals surface area contributed by atoms with E-state index < -0.39 is 0 Å². The van der Waals surface area contributed by atoms with Crippen molar-refractivity contribution in [2.75, 3.05) is 13.7 Å². The van der Waals surface area contributed by atoms with E-state index in [1.54, 1.807) is 18.1 Å². The highest BCUT2D eigenvalue weighted by Crippen LogP contribution is 2.27. The van der Waals surface area contributed by atoms with Gasteiger partial charge in [-0.15, -0.1) is 5.10 Å². The number of hydrogen-bond donors (Lipinski definition) is 0. The molecular formula is C16H20N6O2. The van der Waals surface area contributed by atoms with Crippen LogP contribution < -0.4 is 0 Å². The molecule has 3 aromatic rings. The molecule has 4 rings (SSSR count). The average molecular weight is 328 g/mol. The maximum atomic E-state index is 5.52. The maximum Gasteiger partial charge on any atom is 0.120 e. The fraction of sp³-hybridized carbons (Fsp3) is 0.438. The van der Waals surface area contributed by atoms with Crippen LogP contribution in [-0.4, -0.2) is 49.4 Å². The third kappa shape index (κ3) is 2.74. The summed E-state index contributed by atoms with van der Waals surface area (Å²) in [7, 11) is 3.63. The second-order valence-electron chi connectivity index (χ2n) is 6.06. The normalized spacial score (nSPS) is 18.0. The van der Waals surface area contributed by atoms with E-state index in [1.807, 2.05) is 36.3 Å². The van der Waals surface area contributed by atoms with Crippen molar-refractivity contribution in [2.45, 2.75) is 25.7 Å². The van der Waals surface area contributed by atoms with Crippen molar-refractivity contribution in [1.82, 2.24) is 29.7 Å². The van der Waals surface area contributed by atoms with Crippen LogP contribution in [0.15, 0.2) is 35.2 Å². The molecule has 4 heterocycles. The Bertz CT molecular complexity index is 807. The highest BCUT2D eigenvalue weighted by atomic mass is 16.5. The highest BCUT2D eigenvalue weighted by molar-refractivity contribution is 5.59. The zero-order valence-electron chi connectivity index (χ0n) is 13.8. The molecule has 8 nitrogen and oxygen atoms in total. The largest absolute Gasteiger partial charge is 0.468 e. The molecular weight excluding hydrogens is 308 g/mol. The van der Waals surface area contributed by atoms with Crippen molar-refractivity contribution in [2.24, 2.45) is 7.05 Å². The van der Waals surface area contributed by atoms with Crippen LogP contribution >= 0.6 is 0 Å². The fourth-order valence-electron chi connectivity index (χ4n) is 3.18. The van der Waals surface area contributed by atoms with Gasteiger partial charge in [-0.2, -0.15) is 5.10 Å². The minimum absolute atomic E-state index is 0.232. The van der Waals surface area contributed by atoms with E-state index in [0.717, 1.165) is 42.3 Å². The SMILES string of the molecule is COC[C@H]1Cn2nnc(-c3cnn(C)c3)c2CN1Cc1ccco1. The topological polar surface area (TPSA) is 74.1 Å². The first-order valence-corrected chi connectivity index (χ1v) is 7.91. The third-order valence-electron chi connectivity index (χ3n) is 4.37. The molecule has 0 fully saturated rings. The summed E-state index contributed by atoms with van der Waals surface area (Å²) in [6.45, 7) is 2.87. The number of hydrogen-bond acceptors (Lipinski definition) is 6. The maximum absolute atomic E-state index is 5.52. The van der Waals surface area contributed by atoms with Crippen LogP contribution in [0.3, 0.4) is 0 Å². The predicted molar refractivity (Wildman–Crippen MR) is 85.8 cm³/mol. The van der Waals surface area contributed by atoms with Gasteiger partial charge in [0.25, 0.3) is 0 Å². The molecule has 0 aromatic carbocycles. The number of aromatic nitrogens is 5. The minimum Gasteiger partial charge on any atom is -0.468 e. The molecule has 1 aliphatic rings. The molecule has 0 N–H and O–H groups in total. The lowest BCUT2D eigenvalue weighted by Gasteiger charge is -2.34. The molecule has 24 heavy (non-hydrogen) atoms. The molecule has 0 radical (unpaired) electrons. The van der Waals surface area contributed by atoms with Crippen LogP contribution in [-0.2, 0) is 31.4 Å². The Hall–Kier alpha value is -2.45. The van der Waals surface area contributed by atoms with Gasteiger partial charge < -0.3 is 9.15 Å². The molecule has 0 aliphatic carbocycles. The standard InChI is InChI=1S/C16H20N6O2/c1-20-7-12(6-17-20)16-15-10-21(9-14-4-3-5-24-14)13(11-23-2)8-22(15)19-18-16/h3-7,13H,8-11H2,1-2H3/t13-/m1/s1. The fourth-order valence-corrected chi connectivity index (χ4v) is 3.18. The van der Waals surface area contributed by atoms with Crippen LogP contribution in [0.25, 0.3) is 11.3 Å². The van der Waals surface area contributed by atoms with Gasteiger partial charge in [0.05, 0.1) is 43.9 Å². The molecule has 1 aliphatic heterocycles. The van der Waals surface area contributed by atoms with E-state index >= 15 is 0 Å². The lowest BCUT2D eigenvalue weighted by Crippen LogP contribution is -2.45. The molecule has 0 bridgehead atoms. The van der Waals surface area contributed by atoms with Crippen LogP contribution in [0.2, 0.25) is 0 Å². The van der Waals surface area contributed by atoms with Crippen LogP contribution in [0.1, 0.15) is 11.5 Å². The minimum atomic E-state index is 0.232. The molecule has 3 aromatic heterocycles. The van der Waals surface area contributed by atoms with Crippen LogP contribution in [0.5, 0.6) is 0 Å². The number of furan rings is 1. The predicted octanol–water partition coefficient (Wildman–Crippen LogP) is 1.30. The molecule has 0 spiro atoms. The molecule has 8 heteroatoms. The van der Waals surface area contributed by atoms with Gasteiger partial charge in [0, 0.05) is 32.5 Å². The van der Waals surface area contributed by atoms with Crippen molar-refractivity contribution in [1.29, 1.82) is 0 Å².